The third kappa shape index (κ3) is 3.32. The minimum atomic E-state index is -0.160. The molecule has 3 heterocycles. The quantitative estimate of drug-likeness (QED) is 0.766. The molecule has 0 aliphatic carbocycles. The zero-order chi connectivity index (χ0) is 15.2. The summed E-state index contributed by atoms with van der Waals surface area (Å²) in [6.45, 7) is 0.408. The summed E-state index contributed by atoms with van der Waals surface area (Å²) in [7, 11) is 0. The van der Waals surface area contributed by atoms with Crippen LogP contribution in [0.15, 0.2) is 53.3 Å². The van der Waals surface area contributed by atoms with Gasteiger partial charge in [0, 0.05) is 37.1 Å². The number of aromatic nitrogens is 4. The molecule has 110 valence electrons. The fourth-order valence-corrected chi connectivity index (χ4v) is 1.84. The van der Waals surface area contributed by atoms with E-state index in [0.717, 1.165) is 0 Å². The smallest absolute Gasteiger partial charge is 0.266 e. The molecule has 0 fully saturated rings. The van der Waals surface area contributed by atoms with Crippen LogP contribution in [0.5, 0.6) is 0 Å². The van der Waals surface area contributed by atoms with Crippen molar-refractivity contribution in [3.63, 3.8) is 0 Å². The van der Waals surface area contributed by atoms with E-state index in [0.29, 0.717) is 36.0 Å². The lowest BCUT2D eigenvalue weighted by Crippen LogP contribution is -2.25. The van der Waals surface area contributed by atoms with Crippen molar-refractivity contribution in [2.45, 2.75) is 6.42 Å². The summed E-state index contributed by atoms with van der Waals surface area (Å²) in [6, 6.07) is 8.77. The Labute approximate surface area is 126 Å². The average Bonchev–Trinajstić information content (AvgIpc) is 3.05. The first-order valence-corrected chi connectivity index (χ1v) is 6.75. The molecule has 0 aromatic carbocycles. The summed E-state index contributed by atoms with van der Waals surface area (Å²) >= 11 is 0. The number of nitrogens with one attached hydrogen (secondary N) is 1. The molecule has 0 radical (unpaired) electrons. The highest BCUT2D eigenvalue weighted by Crippen LogP contribution is 2.14. The van der Waals surface area contributed by atoms with Crippen LogP contribution in [-0.4, -0.2) is 32.6 Å². The molecule has 0 saturated heterocycles. The van der Waals surface area contributed by atoms with Crippen molar-refractivity contribution < 1.29 is 9.21 Å². The number of hydrogen-bond donors (Lipinski definition) is 1. The highest BCUT2D eigenvalue weighted by molar-refractivity contribution is 5.93. The van der Waals surface area contributed by atoms with Gasteiger partial charge in [-0.15, -0.1) is 10.2 Å². The second-order valence-corrected chi connectivity index (χ2v) is 4.46. The van der Waals surface area contributed by atoms with Gasteiger partial charge in [-0.3, -0.25) is 14.8 Å². The third-order valence-corrected chi connectivity index (χ3v) is 2.92. The maximum atomic E-state index is 11.8. The summed E-state index contributed by atoms with van der Waals surface area (Å²) in [5.41, 5.74) is 1.19. The highest BCUT2D eigenvalue weighted by atomic mass is 16.4. The lowest BCUT2D eigenvalue weighted by molar-refractivity contribution is 0.0953. The molecule has 7 heteroatoms. The number of pyridine rings is 2. The van der Waals surface area contributed by atoms with E-state index in [4.69, 9.17) is 4.42 Å². The molecule has 0 aliphatic heterocycles. The summed E-state index contributed by atoms with van der Waals surface area (Å²) in [6.07, 6.45) is 5.27. The average molecular weight is 295 g/mol. The number of hydrogen-bond acceptors (Lipinski definition) is 6. The van der Waals surface area contributed by atoms with Gasteiger partial charge in [-0.1, -0.05) is 6.07 Å². The summed E-state index contributed by atoms with van der Waals surface area (Å²) in [5.74, 6) is 0.665. The van der Waals surface area contributed by atoms with E-state index in [1.807, 2.05) is 12.1 Å². The fourth-order valence-electron chi connectivity index (χ4n) is 1.84. The number of amides is 1. The van der Waals surface area contributed by atoms with E-state index in [2.05, 4.69) is 25.5 Å². The normalized spacial score (nSPS) is 10.4. The molecule has 0 unspecified atom stereocenters. The second kappa shape index (κ2) is 6.57. The van der Waals surface area contributed by atoms with Crippen molar-refractivity contribution in [1.29, 1.82) is 0 Å². The third-order valence-electron chi connectivity index (χ3n) is 2.92. The molecule has 22 heavy (non-hydrogen) atoms. The maximum absolute atomic E-state index is 11.8. The predicted molar refractivity (Wildman–Crippen MR) is 77.8 cm³/mol. The van der Waals surface area contributed by atoms with Crippen LogP contribution in [0.1, 0.15) is 16.2 Å². The lowest BCUT2D eigenvalue weighted by atomic mass is 10.2. The van der Waals surface area contributed by atoms with Crippen LogP contribution in [0.4, 0.5) is 0 Å². The number of carbonyl (C=O) groups is 1. The zero-order valence-corrected chi connectivity index (χ0v) is 11.6. The number of rotatable bonds is 5. The first-order chi connectivity index (χ1) is 10.8. The van der Waals surface area contributed by atoms with E-state index in [1.54, 1.807) is 36.8 Å². The molecule has 7 nitrogen and oxygen atoms in total. The fraction of sp³-hybridized carbons (Fsp3) is 0.133. The summed E-state index contributed by atoms with van der Waals surface area (Å²) in [4.78, 5) is 19.9. The van der Waals surface area contributed by atoms with Crippen molar-refractivity contribution in [3.8, 4) is 11.6 Å². The van der Waals surface area contributed by atoms with Gasteiger partial charge in [-0.2, -0.15) is 0 Å². The largest absolute Gasteiger partial charge is 0.419 e. The van der Waals surface area contributed by atoms with E-state index in [9.17, 15) is 4.79 Å². The Hall–Kier alpha value is -3.09. The van der Waals surface area contributed by atoms with Gasteiger partial charge in [0.15, 0.2) is 0 Å². The Bertz CT molecular complexity index is 743. The van der Waals surface area contributed by atoms with Crippen molar-refractivity contribution in [2.24, 2.45) is 0 Å². The van der Waals surface area contributed by atoms with Crippen LogP contribution in [0, 0.1) is 0 Å². The molecule has 0 saturated carbocycles. The van der Waals surface area contributed by atoms with Crippen LogP contribution >= 0.6 is 0 Å². The lowest BCUT2D eigenvalue weighted by Gasteiger charge is -2.02. The Morgan fingerprint density at radius 3 is 2.73 bits per heavy atom. The Kier molecular flexibility index (Phi) is 4.15. The molecule has 0 aliphatic rings. The molecule has 0 atom stereocenters. The predicted octanol–water partition coefficient (Wildman–Crippen LogP) is 1.50. The minimum Gasteiger partial charge on any atom is -0.419 e. The van der Waals surface area contributed by atoms with Gasteiger partial charge < -0.3 is 9.73 Å². The van der Waals surface area contributed by atoms with Crippen molar-refractivity contribution in [3.05, 3.63) is 60.4 Å². The molecule has 1 N–H and O–H groups in total. The van der Waals surface area contributed by atoms with Gasteiger partial charge in [-0.05, 0) is 24.3 Å². The van der Waals surface area contributed by atoms with E-state index >= 15 is 0 Å². The second-order valence-electron chi connectivity index (χ2n) is 4.46. The van der Waals surface area contributed by atoms with E-state index < -0.39 is 0 Å². The van der Waals surface area contributed by atoms with Crippen molar-refractivity contribution in [1.82, 2.24) is 25.5 Å². The van der Waals surface area contributed by atoms with Crippen molar-refractivity contribution >= 4 is 5.91 Å². The maximum Gasteiger partial charge on any atom is 0.266 e. The molecule has 1 amide bonds. The van der Waals surface area contributed by atoms with Gasteiger partial charge >= 0.3 is 0 Å². The van der Waals surface area contributed by atoms with Crippen molar-refractivity contribution in [2.75, 3.05) is 6.54 Å². The molecule has 0 bridgehead atoms. The molecular weight excluding hydrogens is 282 g/mol. The van der Waals surface area contributed by atoms with Gasteiger partial charge in [0.05, 0.1) is 0 Å². The standard InChI is InChI=1S/C15H13N5O2/c21-14(11-4-8-16-9-5-11)18-10-6-13-19-20-15(22-13)12-3-1-2-7-17-12/h1-5,7-9H,6,10H2,(H,18,21). The van der Waals surface area contributed by atoms with Gasteiger partial charge in [0.25, 0.3) is 11.8 Å². The SMILES string of the molecule is O=C(NCCc1nnc(-c2ccccn2)o1)c1ccncc1. The Balaban J connectivity index is 1.55. The van der Waals surface area contributed by atoms with Crippen LogP contribution in [0.2, 0.25) is 0 Å². The topological polar surface area (TPSA) is 93.8 Å². The summed E-state index contributed by atoms with van der Waals surface area (Å²) < 4.78 is 5.51. The molecule has 3 aromatic rings. The van der Waals surface area contributed by atoms with Crippen LogP contribution in [-0.2, 0) is 6.42 Å². The Morgan fingerprint density at radius 2 is 1.95 bits per heavy atom. The van der Waals surface area contributed by atoms with Gasteiger partial charge in [-0.25, -0.2) is 0 Å². The van der Waals surface area contributed by atoms with E-state index in [-0.39, 0.29) is 5.91 Å². The molecular formula is C15H13N5O2. The van der Waals surface area contributed by atoms with Gasteiger partial charge in [0.1, 0.15) is 5.69 Å². The van der Waals surface area contributed by atoms with Crippen LogP contribution in [0.25, 0.3) is 11.6 Å². The zero-order valence-electron chi connectivity index (χ0n) is 11.6. The first-order valence-electron chi connectivity index (χ1n) is 6.75. The summed E-state index contributed by atoms with van der Waals surface area (Å²) in [5, 5.41) is 10.7. The minimum absolute atomic E-state index is 0.160. The Morgan fingerprint density at radius 1 is 1.09 bits per heavy atom. The molecule has 3 rings (SSSR count). The monoisotopic (exact) mass is 295 g/mol. The number of carbonyl (C=O) groups excluding carboxylic acids is 1. The van der Waals surface area contributed by atoms with Gasteiger partial charge in [0.2, 0.25) is 5.89 Å². The van der Waals surface area contributed by atoms with Crippen LogP contribution in [0.3, 0.4) is 0 Å². The molecule has 3 aromatic heterocycles. The highest BCUT2D eigenvalue weighted by Gasteiger charge is 2.10. The first kappa shape index (κ1) is 13.9. The van der Waals surface area contributed by atoms with E-state index in [1.165, 1.54) is 0 Å². The number of nitrogens with zero attached hydrogens (tertiary/aromatic N) is 4. The molecule has 0 spiro atoms. The van der Waals surface area contributed by atoms with Crippen LogP contribution < -0.4 is 5.32 Å².